The first kappa shape index (κ1) is 23.2. The standard InChI is InChI=1S/C23H24F3N3O3/c1-14-19(12-21(30)27-13-16-7-5-10-20(31-3)22(16)32-4)15(2)29(28-14)18-9-6-8-17(11-18)23(24,25)26/h5-11H,12-13H2,1-4H3,(H,27,30). The van der Waals surface area contributed by atoms with Crippen molar-refractivity contribution in [1.82, 2.24) is 15.1 Å². The summed E-state index contributed by atoms with van der Waals surface area (Å²) in [7, 11) is 3.06. The van der Waals surface area contributed by atoms with Crippen molar-refractivity contribution in [3.05, 3.63) is 70.5 Å². The van der Waals surface area contributed by atoms with Crippen molar-refractivity contribution >= 4 is 5.91 Å². The molecule has 2 aromatic carbocycles. The van der Waals surface area contributed by atoms with Gasteiger partial charge in [0.1, 0.15) is 0 Å². The number of carbonyl (C=O) groups excluding carboxylic acids is 1. The van der Waals surface area contributed by atoms with Crippen molar-refractivity contribution < 1.29 is 27.4 Å². The number of carbonyl (C=O) groups is 1. The minimum absolute atomic E-state index is 0.0446. The van der Waals surface area contributed by atoms with Gasteiger partial charge in [-0.25, -0.2) is 4.68 Å². The maximum Gasteiger partial charge on any atom is 0.416 e. The number of rotatable bonds is 7. The third-order valence-corrected chi connectivity index (χ3v) is 5.16. The highest BCUT2D eigenvalue weighted by Gasteiger charge is 2.30. The minimum atomic E-state index is -4.45. The van der Waals surface area contributed by atoms with E-state index in [1.165, 1.54) is 25.0 Å². The van der Waals surface area contributed by atoms with Gasteiger partial charge in [-0.05, 0) is 38.1 Å². The Balaban J connectivity index is 1.77. The quantitative estimate of drug-likeness (QED) is 0.584. The summed E-state index contributed by atoms with van der Waals surface area (Å²) >= 11 is 0. The molecule has 170 valence electrons. The number of hydrogen-bond acceptors (Lipinski definition) is 4. The molecule has 0 aliphatic rings. The van der Waals surface area contributed by atoms with E-state index in [2.05, 4.69) is 10.4 Å². The molecule has 9 heteroatoms. The third kappa shape index (κ3) is 4.87. The monoisotopic (exact) mass is 447 g/mol. The number of ether oxygens (including phenoxy) is 2. The lowest BCUT2D eigenvalue weighted by atomic mass is 10.1. The number of nitrogens with one attached hydrogen (secondary N) is 1. The van der Waals surface area contributed by atoms with E-state index < -0.39 is 11.7 Å². The van der Waals surface area contributed by atoms with Crippen molar-refractivity contribution in [2.24, 2.45) is 0 Å². The first-order valence-corrected chi connectivity index (χ1v) is 9.85. The molecule has 3 aromatic rings. The fraction of sp³-hybridized carbons (Fsp3) is 0.304. The lowest BCUT2D eigenvalue weighted by molar-refractivity contribution is -0.137. The predicted octanol–water partition coefficient (Wildman–Crippen LogP) is 4.38. The Morgan fingerprint density at radius 3 is 2.47 bits per heavy atom. The number of para-hydroxylation sites is 1. The molecule has 1 aromatic heterocycles. The van der Waals surface area contributed by atoms with Gasteiger partial charge in [0.25, 0.3) is 0 Å². The molecule has 0 unspecified atom stereocenters. The van der Waals surface area contributed by atoms with E-state index >= 15 is 0 Å². The second-order valence-electron chi connectivity index (χ2n) is 7.22. The molecule has 0 atom stereocenters. The van der Waals surface area contributed by atoms with Gasteiger partial charge >= 0.3 is 6.18 Å². The van der Waals surface area contributed by atoms with Gasteiger partial charge in [-0.3, -0.25) is 4.79 Å². The molecule has 0 fully saturated rings. The zero-order valence-corrected chi connectivity index (χ0v) is 18.2. The smallest absolute Gasteiger partial charge is 0.416 e. The van der Waals surface area contributed by atoms with Crippen molar-refractivity contribution in [2.75, 3.05) is 14.2 Å². The number of alkyl halides is 3. The topological polar surface area (TPSA) is 65.4 Å². The average molecular weight is 447 g/mol. The lowest BCUT2D eigenvalue weighted by Gasteiger charge is -2.13. The number of halogens is 3. The van der Waals surface area contributed by atoms with Crippen LogP contribution in [-0.4, -0.2) is 29.9 Å². The van der Waals surface area contributed by atoms with E-state index in [0.29, 0.717) is 28.5 Å². The molecule has 0 radical (unpaired) electrons. The maximum atomic E-state index is 13.1. The Kier molecular flexibility index (Phi) is 6.76. The number of methoxy groups -OCH3 is 2. The molecule has 0 saturated carbocycles. The zero-order valence-electron chi connectivity index (χ0n) is 18.2. The average Bonchev–Trinajstić information content (AvgIpc) is 3.05. The lowest BCUT2D eigenvalue weighted by Crippen LogP contribution is -2.25. The van der Waals surface area contributed by atoms with Crippen molar-refractivity contribution in [1.29, 1.82) is 0 Å². The third-order valence-electron chi connectivity index (χ3n) is 5.16. The fourth-order valence-corrected chi connectivity index (χ4v) is 3.51. The predicted molar refractivity (Wildman–Crippen MR) is 113 cm³/mol. The van der Waals surface area contributed by atoms with Crippen LogP contribution >= 0.6 is 0 Å². The summed E-state index contributed by atoms with van der Waals surface area (Å²) in [5.41, 5.74) is 2.14. The molecule has 6 nitrogen and oxygen atoms in total. The van der Waals surface area contributed by atoms with Crippen LogP contribution < -0.4 is 14.8 Å². The Bertz CT molecular complexity index is 1120. The van der Waals surface area contributed by atoms with E-state index in [1.807, 2.05) is 6.07 Å². The highest BCUT2D eigenvalue weighted by atomic mass is 19.4. The molecule has 32 heavy (non-hydrogen) atoms. The number of aryl methyl sites for hydroxylation is 1. The summed E-state index contributed by atoms with van der Waals surface area (Å²) in [4.78, 5) is 12.6. The Morgan fingerprint density at radius 2 is 1.81 bits per heavy atom. The van der Waals surface area contributed by atoms with E-state index in [4.69, 9.17) is 9.47 Å². The van der Waals surface area contributed by atoms with Gasteiger partial charge in [0.2, 0.25) is 5.91 Å². The molecule has 0 bridgehead atoms. The highest BCUT2D eigenvalue weighted by Crippen LogP contribution is 2.32. The Morgan fingerprint density at radius 1 is 1.09 bits per heavy atom. The second kappa shape index (κ2) is 9.33. The van der Waals surface area contributed by atoms with Crippen molar-refractivity contribution in [3.8, 4) is 17.2 Å². The first-order chi connectivity index (χ1) is 15.2. The van der Waals surface area contributed by atoms with Gasteiger partial charge in [-0.1, -0.05) is 18.2 Å². The summed E-state index contributed by atoms with van der Waals surface area (Å²) in [5.74, 6) is 0.859. The van der Waals surface area contributed by atoms with Crippen LogP contribution in [0.2, 0.25) is 0 Å². The molecular weight excluding hydrogens is 423 g/mol. The minimum Gasteiger partial charge on any atom is -0.493 e. The first-order valence-electron chi connectivity index (χ1n) is 9.85. The molecule has 0 aliphatic heterocycles. The van der Waals surface area contributed by atoms with Gasteiger partial charge in [-0.2, -0.15) is 18.3 Å². The van der Waals surface area contributed by atoms with Crippen LogP contribution in [0.25, 0.3) is 5.69 Å². The summed E-state index contributed by atoms with van der Waals surface area (Å²) in [6, 6.07) is 10.3. The molecule has 1 N–H and O–H groups in total. The molecule has 1 heterocycles. The van der Waals surface area contributed by atoms with Crippen LogP contribution in [0.5, 0.6) is 11.5 Å². The van der Waals surface area contributed by atoms with E-state index in [0.717, 1.165) is 17.7 Å². The summed E-state index contributed by atoms with van der Waals surface area (Å²) in [5, 5.41) is 7.20. The SMILES string of the molecule is COc1cccc(CNC(=O)Cc2c(C)nn(-c3cccc(C(F)(F)F)c3)c2C)c1OC. The largest absolute Gasteiger partial charge is 0.493 e. The Hall–Kier alpha value is -3.49. The summed E-state index contributed by atoms with van der Waals surface area (Å²) in [6.07, 6.45) is -4.40. The van der Waals surface area contributed by atoms with Gasteiger partial charge in [0.05, 0.1) is 37.6 Å². The van der Waals surface area contributed by atoms with Crippen LogP contribution in [0.15, 0.2) is 42.5 Å². The normalized spacial score (nSPS) is 11.3. The number of hydrogen-bond donors (Lipinski definition) is 1. The molecule has 3 rings (SSSR count). The second-order valence-corrected chi connectivity index (χ2v) is 7.22. The number of nitrogens with zero attached hydrogens (tertiary/aromatic N) is 2. The number of amides is 1. The molecule has 0 saturated heterocycles. The number of aromatic nitrogens is 2. The van der Waals surface area contributed by atoms with Crippen LogP contribution in [0.1, 0.15) is 28.1 Å². The maximum absolute atomic E-state index is 13.1. The van der Waals surface area contributed by atoms with E-state index in [9.17, 15) is 18.0 Å². The molecule has 0 aliphatic carbocycles. The van der Waals surface area contributed by atoms with Crippen LogP contribution in [0, 0.1) is 13.8 Å². The van der Waals surface area contributed by atoms with Crippen molar-refractivity contribution in [2.45, 2.75) is 33.0 Å². The van der Waals surface area contributed by atoms with Gasteiger partial charge in [0, 0.05) is 23.4 Å². The van der Waals surface area contributed by atoms with Gasteiger partial charge in [0.15, 0.2) is 11.5 Å². The highest BCUT2D eigenvalue weighted by molar-refractivity contribution is 5.79. The molecule has 0 spiro atoms. The van der Waals surface area contributed by atoms with Crippen molar-refractivity contribution in [3.63, 3.8) is 0 Å². The molecular formula is C23H24F3N3O3. The van der Waals surface area contributed by atoms with E-state index in [1.54, 1.807) is 32.0 Å². The number of benzene rings is 2. The van der Waals surface area contributed by atoms with Crippen LogP contribution in [-0.2, 0) is 23.9 Å². The Labute approximate surface area is 184 Å². The summed E-state index contributed by atoms with van der Waals surface area (Å²) in [6.45, 7) is 3.69. The van der Waals surface area contributed by atoms with Crippen LogP contribution in [0.3, 0.4) is 0 Å². The summed E-state index contributed by atoms with van der Waals surface area (Å²) < 4.78 is 51.3. The fourth-order valence-electron chi connectivity index (χ4n) is 3.51. The van der Waals surface area contributed by atoms with Crippen LogP contribution in [0.4, 0.5) is 13.2 Å². The molecule has 1 amide bonds. The van der Waals surface area contributed by atoms with Gasteiger partial charge < -0.3 is 14.8 Å². The zero-order chi connectivity index (χ0) is 23.5. The van der Waals surface area contributed by atoms with Gasteiger partial charge in [-0.15, -0.1) is 0 Å². The van der Waals surface area contributed by atoms with E-state index in [-0.39, 0.29) is 24.6 Å².